The smallest absolute Gasteiger partial charge is 0.337 e. The molecule has 0 bridgehead atoms. The van der Waals surface area contributed by atoms with Crippen LogP contribution in [-0.4, -0.2) is 35.4 Å². The first-order valence-corrected chi connectivity index (χ1v) is 6.58. The van der Waals surface area contributed by atoms with Crippen LogP contribution < -0.4 is 10.6 Å². The van der Waals surface area contributed by atoms with Crippen molar-refractivity contribution < 1.29 is 19.4 Å². The third kappa shape index (κ3) is 2.85. The molecule has 1 aliphatic rings. The summed E-state index contributed by atoms with van der Waals surface area (Å²) in [4.78, 5) is 12.6. The maximum atomic E-state index is 13.9. The van der Waals surface area contributed by atoms with Gasteiger partial charge in [-0.15, -0.1) is 0 Å². The van der Waals surface area contributed by atoms with Gasteiger partial charge < -0.3 is 20.8 Å². The molecule has 0 spiro atoms. The van der Waals surface area contributed by atoms with Gasteiger partial charge in [0, 0.05) is 19.3 Å². The maximum absolute atomic E-state index is 13.9. The van der Waals surface area contributed by atoms with Crippen LogP contribution in [-0.2, 0) is 0 Å². The molecule has 0 unspecified atom stereocenters. The second kappa shape index (κ2) is 5.28. The van der Waals surface area contributed by atoms with E-state index >= 15 is 0 Å². The first-order chi connectivity index (χ1) is 9.32. The summed E-state index contributed by atoms with van der Waals surface area (Å²) in [7, 11) is 1.64. The normalized spacial score (nSPS) is 17.1. The summed E-state index contributed by atoms with van der Waals surface area (Å²) in [6.45, 7) is 0.271. The van der Waals surface area contributed by atoms with Crippen LogP contribution in [0.2, 0.25) is 0 Å². The van der Waals surface area contributed by atoms with Crippen LogP contribution in [0.3, 0.4) is 0 Å². The molecule has 1 aromatic rings. The minimum absolute atomic E-state index is 0.105. The number of hydrogen-bond donors (Lipinski definition) is 3. The Bertz CT molecular complexity index is 527. The number of likely N-dealkylation sites (N-methyl/N-ethyl adjacent to an activating group) is 1. The molecule has 0 heterocycles. The zero-order valence-electron chi connectivity index (χ0n) is 11.4. The molecule has 0 aromatic heterocycles. The summed E-state index contributed by atoms with van der Waals surface area (Å²) < 4.78 is 13.9. The molecule has 1 aliphatic carbocycles. The van der Waals surface area contributed by atoms with Gasteiger partial charge in [-0.3, -0.25) is 0 Å². The van der Waals surface area contributed by atoms with Gasteiger partial charge >= 0.3 is 5.97 Å². The van der Waals surface area contributed by atoms with Gasteiger partial charge in [-0.2, -0.15) is 0 Å². The monoisotopic (exact) mass is 282 g/mol. The summed E-state index contributed by atoms with van der Waals surface area (Å²) in [5.41, 5.74) is 4.56. The molecule has 110 valence electrons. The van der Waals surface area contributed by atoms with Gasteiger partial charge in [0.25, 0.3) is 0 Å². The van der Waals surface area contributed by atoms with Gasteiger partial charge in [-0.25, -0.2) is 9.18 Å². The number of rotatable bonds is 4. The van der Waals surface area contributed by atoms with Crippen LogP contribution in [0.1, 0.15) is 36.0 Å². The molecule has 1 aromatic carbocycles. The first kappa shape index (κ1) is 14.6. The Balaban J connectivity index is 2.27. The number of aliphatic hydroxyl groups is 1. The SMILES string of the molecule is CN(CC1(O)CCCC1)c1cc(C(=O)O)c(N)cc1F. The molecule has 4 N–H and O–H groups in total. The van der Waals surface area contributed by atoms with Crippen molar-refractivity contribution in [3.63, 3.8) is 0 Å². The molecule has 6 heteroatoms. The van der Waals surface area contributed by atoms with E-state index in [1.807, 2.05) is 0 Å². The number of anilines is 2. The van der Waals surface area contributed by atoms with Gasteiger partial charge in [0.1, 0.15) is 5.82 Å². The molecule has 0 aliphatic heterocycles. The van der Waals surface area contributed by atoms with Crippen LogP contribution in [0.15, 0.2) is 12.1 Å². The predicted molar refractivity (Wildman–Crippen MR) is 74.5 cm³/mol. The van der Waals surface area contributed by atoms with E-state index in [-0.39, 0.29) is 23.5 Å². The Morgan fingerprint density at radius 2 is 2.05 bits per heavy atom. The van der Waals surface area contributed by atoms with Gasteiger partial charge in [-0.1, -0.05) is 12.8 Å². The fraction of sp³-hybridized carbons (Fsp3) is 0.500. The van der Waals surface area contributed by atoms with Gasteiger partial charge in [0.15, 0.2) is 0 Å². The summed E-state index contributed by atoms with van der Waals surface area (Å²) in [5.74, 6) is -1.78. The van der Waals surface area contributed by atoms with Crippen LogP contribution in [0, 0.1) is 5.82 Å². The van der Waals surface area contributed by atoms with Crippen molar-refractivity contribution in [2.45, 2.75) is 31.3 Å². The number of nitrogens with two attached hydrogens (primary N) is 1. The minimum atomic E-state index is -1.20. The Labute approximate surface area is 116 Å². The molecule has 1 fully saturated rings. The first-order valence-electron chi connectivity index (χ1n) is 6.58. The lowest BCUT2D eigenvalue weighted by molar-refractivity contribution is 0.0558. The molecular weight excluding hydrogens is 263 g/mol. The molecule has 2 rings (SSSR count). The molecule has 0 atom stereocenters. The third-order valence-corrected chi connectivity index (χ3v) is 3.83. The van der Waals surface area contributed by atoms with Crippen molar-refractivity contribution in [1.29, 1.82) is 0 Å². The molecular formula is C14H19FN2O3. The lowest BCUT2D eigenvalue weighted by atomic mass is 10.0. The molecule has 0 saturated heterocycles. The second-order valence-corrected chi connectivity index (χ2v) is 5.48. The van der Waals surface area contributed by atoms with Crippen molar-refractivity contribution in [3.8, 4) is 0 Å². The highest BCUT2D eigenvalue weighted by molar-refractivity contribution is 5.95. The fourth-order valence-corrected chi connectivity index (χ4v) is 2.77. The van der Waals surface area contributed by atoms with Crippen LogP contribution in [0.25, 0.3) is 0 Å². The fourth-order valence-electron chi connectivity index (χ4n) is 2.77. The lowest BCUT2D eigenvalue weighted by Gasteiger charge is -2.30. The van der Waals surface area contributed by atoms with Crippen LogP contribution in [0.5, 0.6) is 0 Å². The molecule has 0 radical (unpaired) electrons. The van der Waals surface area contributed by atoms with E-state index in [1.54, 1.807) is 11.9 Å². The average Bonchev–Trinajstić information content (AvgIpc) is 2.74. The lowest BCUT2D eigenvalue weighted by Crippen LogP contribution is -2.39. The number of carbonyl (C=O) groups is 1. The number of benzene rings is 1. The highest BCUT2D eigenvalue weighted by Crippen LogP contribution is 2.32. The molecule has 0 amide bonds. The highest BCUT2D eigenvalue weighted by Gasteiger charge is 2.33. The van der Waals surface area contributed by atoms with Crippen LogP contribution in [0.4, 0.5) is 15.8 Å². The highest BCUT2D eigenvalue weighted by atomic mass is 19.1. The second-order valence-electron chi connectivity index (χ2n) is 5.48. The Morgan fingerprint density at radius 1 is 1.45 bits per heavy atom. The van der Waals surface area contributed by atoms with Crippen molar-refractivity contribution in [2.24, 2.45) is 0 Å². The largest absolute Gasteiger partial charge is 0.478 e. The number of carboxylic acids is 1. The van der Waals surface area contributed by atoms with Crippen molar-refractivity contribution in [2.75, 3.05) is 24.2 Å². The summed E-state index contributed by atoms with van der Waals surface area (Å²) in [5, 5.41) is 19.4. The topological polar surface area (TPSA) is 86.8 Å². The number of hydrogen-bond acceptors (Lipinski definition) is 4. The summed E-state index contributed by atoms with van der Waals surface area (Å²) in [6, 6.07) is 2.22. The number of carboxylic acid groups (broad SMARTS) is 1. The average molecular weight is 282 g/mol. The Kier molecular flexibility index (Phi) is 3.85. The Morgan fingerprint density at radius 3 is 2.60 bits per heavy atom. The van der Waals surface area contributed by atoms with E-state index in [2.05, 4.69) is 0 Å². The zero-order valence-corrected chi connectivity index (χ0v) is 11.4. The standard InChI is InChI=1S/C14H19FN2O3/c1-17(8-14(20)4-2-3-5-14)12-6-9(13(18)19)11(16)7-10(12)15/h6-7,20H,2-5,8,16H2,1H3,(H,18,19). The van der Waals surface area contributed by atoms with Gasteiger partial charge in [0.2, 0.25) is 0 Å². The third-order valence-electron chi connectivity index (χ3n) is 3.83. The quantitative estimate of drug-likeness (QED) is 0.734. The predicted octanol–water partition coefficient (Wildman–Crippen LogP) is 1.85. The number of nitrogen functional groups attached to an aromatic ring is 1. The summed E-state index contributed by atoms with van der Waals surface area (Å²) >= 11 is 0. The zero-order chi connectivity index (χ0) is 14.9. The van der Waals surface area contributed by atoms with Gasteiger partial charge in [-0.05, 0) is 25.0 Å². The minimum Gasteiger partial charge on any atom is -0.478 e. The number of aromatic carboxylic acids is 1. The number of nitrogens with zero attached hydrogens (tertiary/aromatic N) is 1. The Hall–Kier alpha value is -1.82. The van der Waals surface area contributed by atoms with E-state index < -0.39 is 17.4 Å². The van der Waals surface area contributed by atoms with Crippen molar-refractivity contribution in [1.82, 2.24) is 0 Å². The van der Waals surface area contributed by atoms with E-state index in [4.69, 9.17) is 10.8 Å². The van der Waals surface area contributed by atoms with Gasteiger partial charge in [0.05, 0.1) is 16.9 Å². The van der Waals surface area contributed by atoms with Crippen molar-refractivity contribution >= 4 is 17.3 Å². The van der Waals surface area contributed by atoms with E-state index in [9.17, 15) is 14.3 Å². The van der Waals surface area contributed by atoms with Crippen molar-refractivity contribution in [3.05, 3.63) is 23.5 Å². The van der Waals surface area contributed by atoms with E-state index in [0.29, 0.717) is 12.8 Å². The van der Waals surface area contributed by atoms with E-state index in [1.165, 1.54) is 6.07 Å². The summed E-state index contributed by atoms with van der Waals surface area (Å²) in [6.07, 6.45) is 3.27. The van der Waals surface area contributed by atoms with E-state index in [0.717, 1.165) is 18.9 Å². The molecule has 1 saturated carbocycles. The molecule has 5 nitrogen and oxygen atoms in total. The molecule has 20 heavy (non-hydrogen) atoms. The van der Waals surface area contributed by atoms with Crippen LogP contribution >= 0.6 is 0 Å². The number of halogens is 1. The maximum Gasteiger partial charge on any atom is 0.337 e.